The Morgan fingerprint density at radius 2 is 0.929 bits per heavy atom. The standard InChI is InChI=1S/2C21H16F2N2O3/c22-15-8-3-1-6-13(15)17-10-5-11-18(24-17)21(28)25-19(12-20(26)27)14-7-2-4-9-16(14)23;22-14-10-8-13(9-11-14)19(12-20(26)27)25-21(28)18-7-3-6-17(24-18)15-4-1-2-5-16(15)23/h2*1-11,19H,12H2,(H,25,28)(H,26,27)/t2*19-/m00/s1. The highest BCUT2D eigenvalue weighted by atomic mass is 19.1. The summed E-state index contributed by atoms with van der Waals surface area (Å²) in [5.74, 6) is -5.67. The Kier molecular flexibility index (Phi) is 13.3. The van der Waals surface area contributed by atoms with Gasteiger partial charge in [0.1, 0.15) is 34.7 Å². The monoisotopic (exact) mass is 764 g/mol. The smallest absolute Gasteiger partial charge is 0.305 e. The first-order chi connectivity index (χ1) is 26.9. The van der Waals surface area contributed by atoms with E-state index in [0.717, 1.165) is 0 Å². The quantitative estimate of drug-likeness (QED) is 0.0915. The molecule has 2 aromatic heterocycles. The molecule has 2 amide bonds. The Labute approximate surface area is 317 Å². The van der Waals surface area contributed by atoms with Crippen LogP contribution in [0.5, 0.6) is 0 Å². The minimum absolute atomic E-state index is 0.0123. The van der Waals surface area contributed by atoms with Crippen LogP contribution in [-0.4, -0.2) is 43.9 Å². The molecule has 2 atom stereocenters. The first-order valence-corrected chi connectivity index (χ1v) is 16.9. The summed E-state index contributed by atoms with van der Waals surface area (Å²) < 4.78 is 55.2. The third-order valence-corrected chi connectivity index (χ3v) is 8.18. The molecule has 0 saturated heterocycles. The van der Waals surface area contributed by atoms with Gasteiger partial charge in [-0.15, -0.1) is 0 Å². The molecule has 4 N–H and O–H groups in total. The molecule has 0 spiro atoms. The first-order valence-electron chi connectivity index (χ1n) is 16.9. The van der Waals surface area contributed by atoms with Crippen LogP contribution in [0.15, 0.2) is 133 Å². The van der Waals surface area contributed by atoms with Gasteiger partial charge in [0.2, 0.25) is 0 Å². The van der Waals surface area contributed by atoms with Crippen molar-refractivity contribution in [2.45, 2.75) is 24.9 Å². The number of carboxylic acid groups (broad SMARTS) is 2. The van der Waals surface area contributed by atoms with Crippen molar-refractivity contribution in [1.82, 2.24) is 20.6 Å². The zero-order valence-corrected chi connectivity index (χ0v) is 29.2. The lowest BCUT2D eigenvalue weighted by molar-refractivity contribution is -0.138. The van der Waals surface area contributed by atoms with E-state index in [1.165, 1.54) is 72.8 Å². The lowest BCUT2D eigenvalue weighted by atomic mass is 10.0. The molecule has 0 radical (unpaired) electrons. The van der Waals surface area contributed by atoms with Crippen molar-refractivity contribution in [3.8, 4) is 22.5 Å². The van der Waals surface area contributed by atoms with Crippen LogP contribution in [0, 0.1) is 23.3 Å². The van der Waals surface area contributed by atoms with Crippen LogP contribution in [0.25, 0.3) is 22.5 Å². The first kappa shape index (κ1) is 40.0. The van der Waals surface area contributed by atoms with E-state index in [2.05, 4.69) is 20.6 Å². The number of carbonyl (C=O) groups excluding carboxylic acids is 2. The fourth-order valence-corrected chi connectivity index (χ4v) is 5.52. The number of carboxylic acids is 2. The summed E-state index contributed by atoms with van der Waals surface area (Å²) in [6, 6.07) is 30.0. The molecule has 0 bridgehead atoms. The average Bonchev–Trinajstić information content (AvgIpc) is 3.18. The highest BCUT2D eigenvalue weighted by Gasteiger charge is 2.23. The summed E-state index contributed by atoms with van der Waals surface area (Å²) in [6.45, 7) is 0. The van der Waals surface area contributed by atoms with Gasteiger partial charge in [-0.3, -0.25) is 19.2 Å². The Morgan fingerprint density at radius 3 is 1.39 bits per heavy atom. The maximum absolute atomic E-state index is 14.1. The fraction of sp³-hybridized carbons (Fsp3) is 0.0952. The van der Waals surface area contributed by atoms with Crippen molar-refractivity contribution in [1.29, 1.82) is 0 Å². The number of halogens is 4. The molecule has 0 aliphatic rings. The second kappa shape index (κ2) is 18.7. The molecule has 14 heteroatoms. The maximum Gasteiger partial charge on any atom is 0.305 e. The van der Waals surface area contributed by atoms with E-state index in [1.54, 1.807) is 60.7 Å². The number of aromatic nitrogens is 2. The normalized spacial score (nSPS) is 11.6. The number of carbonyl (C=O) groups is 4. The van der Waals surface area contributed by atoms with Crippen molar-refractivity contribution in [2.24, 2.45) is 0 Å². The number of pyridine rings is 2. The fourth-order valence-electron chi connectivity index (χ4n) is 5.52. The molecule has 0 aliphatic heterocycles. The van der Waals surface area contributed by atoms with Gasteiger partial charge in [0.25, 0.3) is 11.8 Å². The van der Waals surface area contributed by atoms with Crippen LogP contribution in [0.1, 0.15) is 57.0 Å². The lowest BCUT2D eigenvalue weighted by Gasteiger charge is -2.18. The minimum atomic E-state index is -1.19. The number of hydrogen-bond donors (Lipinski definition) is 4. The third kappa shape index (κ3) is 10.7. The van der Waals surface area contributed by atoms with Crippen LogP contribution >= 0.6 is 0 Å². The molecular formula is C42H32F4N4O6. The van der Waals surface area contributed by atoms with Gasteiger partial charge >= 0.3 is 11.9 Å². The van der Waals surface area contributed by atoms with Crippen molar-refractivity contribution < 1.29 is 47.0 Å². The number of nitrogens with zero attached hydrogens (tertiary/aromatic N) is 2. The van der Waals surface area contributed by atoms with Crippen molar-refractivity contribution in [2.75, 3.05) is 0 Å². The summed E-state index contributed by atoms with van der Waals surface area (Å²) in [7, 11) is 0. The Balaban J connectivity index is 0.000000214. The molecule has 6 rings (SSSR count). The Morgan fingerprint density at radius 1 is 0.500 bits per heavy atom. The van der Waals surface area contributed by atoms with E-state index in [9.17, 15) is 36.7 Å². The van der Waals surface area contributed by atoms with E-state index >= 15 is 0 Å². The van der Waals surface area contributed by atoms with E-state index < -0.39 is 65.5 Å². The predicted octanol–water partition coefficient (Wildman–Crippen LogP) is 7.95. The largest absolute Gasteiger partial charge is 0.481 e. The van der Waals surface area contributed by atoms with E-state index in [0.29, 0.717) is 5.56 Å². The molecule has 56 heavy (non-hydrogen) atoms. The third-order valence-electron chi connectivity index (χ3n) is 8.18. The zero-order chi connectivity index (χ0) is 40.2. The number of nitrogens with one attached hydrogen (secondary N) is 2. The molecule has 0 aliphatic carbocycles. The number of aliphatic carboxylic acids is 2. The maximum atomic E-state index is 14.1. The second-order valence-electron chi connectivity index (χ2n) is 12.1. The van der Waals surface area contributed by atoms with Gasteiger partial charge < -0.3 is 20.8 Å². The number of amides is 2. The van der Waals surface area contributed by atoms with Gasteiger partial charge in [0.05, 0.1) is 36.3 Å². The van der Waals surface area contributed by atoms with Crippen LogP contribution < -0.4 is 10.6 Å². The SMILES string of the molecule is O=C(O)C[C@H](NC(=O)c1cccc(-c2ccccc2F)n1)c1ccc(F)cc1.O=C(O)C[C@H](NC(=O)c1cccc(-c2ccccc2F)n1)c1ccccc1F. The van der Waals surface area contributed by atoms with E-state index in [-0.39, 0.29) is 45.9 Å². The van der Waals surface area contributed by atoms with Crippen molar-refractivity contribution in [3.63, 3.8) is 0 Å². The predicted molar refractivity (Wildman–Crippen MR) is 197 cm³/mol. The average molecular weight is 765 g/mol. The van der Waals surface area contributed by atoms with Crippen LogP contribution in [-0.2, 0) is 9.59 Å². The Hall–Kier alpha value is -7.22. The van der Waals surface area contributed by atoms with E-state index in [4.69, 9.17) is 10.2 Å². The van der Waals surface area contributed by atoms with Crippen LogP contribution in [0.2, 0.25) is 0 Å². The lowest BCUT2D eigenvalue weighted by Crippen LogP contribution is -2.31. The van der Waals surface area contributed by atoms with Gasteiger partial charge in [-0.05, 0) is 72.3 Å². The minimum Gasteiger partial charge on any atom is -0.481 e. The van der Waals surface area contributed by atoms with Crippen LogP contribution in [0.4, 0.5) is 17.6 Å². The highest BCUT2D eigenvalue weighted by molar-refractivity contribution is 5.94. The van der Waals surface area contributed by atoms with Crippen molar-refractivity contribution >= 4 is 23.8 Å². The molecule has 0 unspecified atom stereocenters. The van der Waals surface area contributed by atoms with E-state index in [1.807, 2.05) is 0 Å². The number of hydrogen-bond acceptors (Lipinski definition) is 6. The van der Waals surface area contributed by atoms with Crippen LogP contribution in [0.3, 0.4) is 0 Å². The summed E-state index contributed by atoms with van der Waals surface area (Å²) in [5.41, 5.74) is 1.50. The molecule has 284 valence electrons. The van der Waals surface area contributed by atoms with Gasteiger partial charge in [-0.1, -0.05) is 66.7 Å². The topological polar surface area (TPSA) is 159 Å². The van der Waals surface area contributed by atoms with Gasteiger partial charge in [0.15, 0.2) is 0 Å². The molecular weight excluding hydrogens is 732 g/mol. The number of benzene rings is 4. The summed E-state index contributed by atoms with van der Waals surface area (Å²) >= 11 is 0. The van der Waals surface area contributed by atoms with Gasteiger partial charge in [-0.25, -0.2) is 27.5 Å². The van der Waals surface area contributed by atoms with Crippen molar-refractivity contribution in [3.05, 3.63) is 179 Å². The Bertz CT molecular complexity index is 2360. The highest BCUT2D eigenvalue weighted by Crippen LogP contribution is 2.24. The molecule has 10 nitrogen and oxygen atoms in total. The molecule has 0 saturated carbocycles. The van der Waals surface area contributed by atoms with Gasteiger partial charge in [-0.2, -0.15) is 0 Å². The molecule has 6 aromatic rings. The molecule has 2 heterocycles. The zero-order valence-electron chi connectivity index (χ0n) is 29.2. The number of rotatable bonds is 12. The molecule has 0 fully saturated rings. The summed E-state index contributed by atoms with van der Waals surface area (Å²) in [6.07, 6.45) is -0.885. The van der Waals surface area contributed by atoms with Gasteiger partial charge in [0, 0.05) is 16.7 Å². The molecule has 4 aromatic carbocycles. The summed E-state index contributed by atoms with van der Waals surface area (Å²) in [5, 5.41) is 23.3. The summed E-state index contributed by atoms with van der Waals surface area (Å²) in [4.78, 5) is 55.9. The second-order valence-corrected chi connectivity index (χ2v) is 12.1.